The third-order valence-corrected chi connectivity index (χ3v) is 8.29. The highest BCUT2D eigenvalue weighted by Crippen LogP contribution is 2.42. The van der Waals surface area contributed by atoms with E-state index in [9.17, 15) is 39.6 Å². The Kier molecular flexibility index (Phi) is 15.7. The number of unbranched alkanes of at least 4 members (excludes halogenated alkanes) is 10. The number of benzene rings is 2. The molecule has 0 saturated carbocycles. The molecule has 0 radical (unpaired) electrons. The third-order valence-electron chi connectivity index (χ3n) is 8.29. The number of carboxylic acid groups (broad SMARTS) is 4. The summed E-state index contributed by atoms with van der Waals surface area (Å²) in [7, 11) is 0. The van der Waals surface area contributed by atoms with Crippen LogP contribution < -0.4 is 18.9 Å². The van der Waals surface area contributed by atoms with Crippen molar-refractivity contribution in [1.82, 2.24) is 0 Å². The maximum Gasteiger partial charge on any atom is 0.353 e. The summed E-state index contributed by atoms with van der Waals surface area (Å²) in [6, 6.07) is 11.5. The fraction of sp³-hybridized carbons (Fsp3) is 0.474. The molecule has 0 fully saturated rings. The number of hydrogen-bond acceptors (Lipinski definition) is 8. The van der Waals surface area contributed by atoms with Crippen LogP contribution in [0.5, 0.6) is 23.0 Å². The molecule has 1 aliphatic rings. The lowest BCUT2D eigenvalue weighted by molar-refractivity contribution is -0.165. The summed E-state index contributed by atoms with van der Waals surface area (Å²) in [6.45, 7) is 5.24. The van der Waals surface area contributed by atoms with Crippen LogP contribution in [-0.4, -0.2) is 63.1 Å². The SMILES string of the molecule is CCCCCCCCOc1ccc(OC2=C(C(=O)O)C(C(=O)O)=CC(Oc3ccc(OCCCCCCCC)cc3)(C(=O)O)C2C(=O)O)cc1. The van der Waals surface area contributed by atoms with Gasteiger partial charge in [0.25, 0.3) is 0 Å². The molecule has 12 nitrogen and oxygen atoms in total. The van der Waals surface area contributed by atoms with Crippen molar-refractivity contribution in [2.24, 2.45) is 5.92 Å². The molecular weight excluding hydrogens is 648 g/mol. The lowest BCUT2D eigenvalue weighted by atomic mass is 9.76. The minimum absolute atomic E-state index is 0.0743. The first kappa shape index (κ1) is 39.4. The summed E-state index contributed by atoms with van der Waals surface area (Å²) in [5, 5.41) is 40.9. The zero-order valence-corrected chi connectivity index (χ0v) is 28.7. The second-order valence-electron chi connectivity index (χ2n) is 12.2. The smallest absolute Gasteiger partial charge is 0.353 e. The van der Waals surface area contributed by atoms with Crippen LogP contribution in [0, 0.1) is 5.92 Å². The third kappa shape index (κ3) is 11.0. The summed E-state index contributed by atoms with van der Waals surface area (Å²) in [4.78, 5) is 50.5. The number of aliphatic carboxylic acids is 4. The number of hydrogen-bond donors (Lipinski definition) is 4. The average molecular weight is 697 g/mol. The Labute approximate surface area is 292 Å². The Hall–Kier alpha value is -5.00. The average Bonchev–Trinajstić information content (AvgIpc) is 3.08. The molecule has 50 heavy (non-hydrogen) atoms. The van der Waals surface area contributed by atoms with Gasteiger partial charge in [0.1, 0.15) is 34.3 Å². The van der Waals surface area contributed by atoms with Gasteiger partial charge in [-0.05, 0) is 67.4 Å². The van der Waals surface area contributed by atoms with Crippen molar-refractivity contribution in [1.29, 1.82) is 0 Å². The lowest BCUT2D eigenvalue weighted by Gasteiger charge is -2.37. The molecule has 2 atom stereocenters. The highest BCUT2D eigenvalue weighted by atomic mass is 16.5. The van der Waals surface area contributed by atoms with E-state index in [-0.39, 0.29) is 11.5 Å². The van der Waals surface area contributed by atoms with Gasteiger partial charge in [-0.1, -0.05) is 78.1 Å². The molecule has 1 aliphatic carbocycles. The maximum atomic E-state index is 12.9. The van der Waals surface area contributed by atoms with E-state index in [1.807, 2.05) is 0 Å². The first-order valence-corrected chi connectivity index (χ1v) is 17.3. The second-order valence-corrected chi connectivity index (χ2v) is 12.2. The molecule has 272 valence electrons. The molecule has 0 aromatic heterocycles. The summed E-state index contributed by atoms with van der Waals surface area (Å²) in [5.74, 6) is -9.85. The molecule has 3 rings (SSSR count). The van der Waals surface area contributed by atoms with Crippen LogP contribution in [-0.2, 0) is 19.2 Å². The second kappa shape index (κ2) is 19.9. The highest BCUT2D eigenvalue weighted by molar-refractivity contribution is 6.09. The maximum absolute atomic E-state index is 12.9. The van der Waals surface area contributed by atoms with Gasteiger partial charge in [-0.25, -0.2) is 14.4 Å². The Morgan fingerprint density at radius 1 is 0.600 bits per heavy atom. The van der Waals surface area contributed by atoms with Gasteiger partial charge in [-0.3, -0.25) is 4.79 Å². The molecule has 2 aromatic rings. The van der Waals surface area contributed by atoms with Crippen molar-refractivity contribution in [2.75, 3.05) is 13.2 Å². The van der Waals surface area contributed by atoms with Crippen molar-refractivity contribution in [3.63, 3.8) is 0 Å². The van der Waals surface area contributed by atoms with Gasteiger partial charge >= 0.3 is 23.9 Å². The van der Waals surface area contributed by atoms with Crippen LogP contribution >= 0.6 is 0 Å². The van der Waals surface area contributed by atoms with Gasteiger partial charge in [0.05, 0.1) is 18.8 Å². The van der Waals surface area contributed by atoms with Crippen molar-refractivity contribution in [3.05, 3.63) is 71.5 Å². The van der Waals surface area contributed by atoms with Crippen molar-refractivity contribution < 1.29 is 58.6 Å². The first-order chi connectivity index (χ1) is 24.0. The molecule has 0 bridgehead atoms. The first-order valence-electron chi connectivity index (χ1n) is 17.3. The van der Waals surface area contributed by atoms with E-state index in [0.717, 1.165) is 51.4 Å². The van der Waals surface area contributed by atoms with E-state index >= 15 is 0 Å². The number of carbonyl (C=O) groups is 4. The summed E-state index contributed by atoms with van der Waals surface area (Å²) >= 11 is 0. The van der Waals surface area contributed by atoms with E-state index in [4.69, 9.17) is 18.9 Å². The molecule has 0 heterocycles. The largest absolute Gasteiger partial charge is 0.494 e. The molecule has 4 N–H and O–H groups in total. The molecule has 2 aromatic carbocycles. The lowest BCUT2D eigenvalue weighted by Crippen LogP contribution is -2.56. The number of ether oxygens (including phenoxy) is 4. The molecule has 0 spiro atoms. The minimum Gasteiger partial charge on any atom is -0.494 e. The number of rotatable bonds is 24. The van der Waals surface area contributed by atoms with Gasteiger partial charge in [0.2, 0.25) is 5.60 Å². The minimum atomic E-state index is -2.92. The van der Waals surface area contributed by atoms with Crippen LogP contribution in [0.1, 0.15) is 90.9 Å². The van der Waals surface area contributed by atoms with E-state index < -0.39 is 52.3 Å². The van der Waals surface area contributed by atoms with Crippen LogP contribution in [0.25, 0.3) is 0 Å². The zero-order valence-electron chi connectivity index (χ0n) is 28.7. The van der Waals surface area contributed by atoms with E-state index in [2.05, 4.69) is 13.8 Å². The van der Waals surface area contributed by atoms with Crippen LogP contribution in [0.2, 0.25) is 0 Å². The van der Waals surface area contributed by atoms with Gasteiger partial charge in [-0.2, -0.15) is 0 Å². The highest BCUT2D eigenvalue weighted by Gasteiger charge is 2.59. The normalized spacial score (nSPS) is 17.1. The van der Waals surface area contributed by atoms with Gasteiger partial charge in [0.15, 0.2) is 5.92 Å². The fourth-order valence-corrected chi connectivity index (χ4v) is 5.63. The Morgan fingerprint density at radius 2 is 1.04 bits per heavy atom. The van der Waals surface area contributed by atoms with Crippen molar-refractivity contribution >= 4 is 23.9 Å². The molecule has 0 aliphatic heterocycles. The molecular formula is C38H48O12. The van der Waals surface area contributed by atoms with E-state index in [1.165, 1.54) is 74.2 Å². The molecule has 2 unspecified atom stereocenters. The Bertz CT molecular complexity index is 1490. The topological polar surface area (TPSA) is 186 Å². The Morgan fingerprint density at radius 3 is 1.46 bits per heavy atom. The molecule has 12 heteroatoms. The standard InChI is InChI=1S/C38H48O12/c1-3-5-7-9-11-13-23-47-26-15-19-28(20-16-26)49-33-31(35(41)42)30(34(39)40)25-38(37(45)46,32(33)36(43)44)50-29-21-17-27(18-22-29)48-24-14-12-10-8-6-4-2/h15-22,25,32H,3-14,23-24H2,1-2H3,(H,39,40)(H,41,42)(H,43,44)(H,45,46). The van der Waals surface area contributed by atoms with Gasteiger partial charge in [0, 0.05) is 0 Å². The monoisotopic (exact) mass is 696 g/mol. The Balaban J connectivity index is 1.86. The predicted octanol–water partition coefficient (Wildman–Crippen LogP) is 7.51. The van der Waals surface area contributed by atoms with Crippen LogP contribution in [0.3, 0.4) is 0 Å². The van der Waals surface area contributed by atoms with E-state index in [1.54, 1.807) is 0 Å². The van der Waals surface area contributed by atoms with Gasteiger partial charge < -0.3 is 39.4 Å². The quantitative estimate of drug-likeness (QED) is 0.0793. The predicted molar refractivity (Wildman–Crippen MR) is 184 cm³/mol. The van der Waals surface area contributed by atoms with E-state index in [0.29, 0.717) is 30.8 Å². The van der Waals surface area contributed by atoms with Crippen molar-refractivity contribution in [3.8, 4) is 23.0 Å². The molecule has 0 saturated heterocycles. The number of carboxylic acids is 4. The fourth-order valence-electron chi connectivity index (χ4n) is 5.63. The van der Waals surface area contributed by atoms with Crippen LogP contribution in [0.4, 0.5) is 0 Å². The zero-order chi connectivity index (χ0) is 36.5. The van der Waals surface area contributed by atoms with Gasteiger partial charge in [-0.15, -0.1) is 0 Å². The summed E-state index contributed by atoms with van der Waals surface area (Å²) in [6.07, 6.45) is 13.5. The summed E-state index contributed by atoms with van der Waals surface area (Å²) < 4.78 is 23.1. The van der Waals surface area contributed by atoms with Crippen molar-refractivity contribution in [2.45, 2.75) is 96.5 Å². The molecule has 0 amide bonds. The summed E-state index contributed by atoms with van der Waals surface area (Å²) in [5.41, 5.74) is -4.95. The van der Waals surface area contributed by atoms with Crippen LogP contribution in [0.15, 0.2) is 71.5 Å².